The third kappa shape index (κ3) is 6.94. The van der Waals surface area contributed by atoms with Crippen LogP contribution in [0.5, 0.6) is 0 Å². The lowest BCUT2D eigenvalue weighted by atomic mass is 9.84. The second-order valence-electron chi connectivity index (χ2n) is 15.8. The molecule has 0 bridgehead atoms. The number of ketones is 1. The van der Waals surface area contributed by atoms with E-state index in [0.29, 0.717) is 19.5 Å². The van der Waals surface area contributed by atoms with Crippen LogP contribution in [0.4, 0.5) is 4.79 Å². The van der Waals surface area contributed by atoms with Gasteiger partial charge in [0.1, 0.15) is 18.1 Å². The smallest absolute Gasteiger partial charge is 0.316 e. The molecule has 244 valence electrons. The van der Waals surface area contributed by atoms with Crippen LogP contribution in [0.3, 0.4) is 0 Å². The zero-order valence-electron chi connectivity index (χ0n) is 27.4. The molecule has 12 nitrogen and oxygen atoms in total. The first-order chi connectivity index (χ1) is 20.2. The van der Waals surface area contributed by atoms with E-state index in [0.717, 1.165) is 19.3 Å². The SMILES string of the molecule is CC(C)(C)[C@H](NC(=O)N[C@H](C(=O)N1C[C@H]2[C@@H]([C@H]1C(=O)NC(CC1CC1)C(=O)C(N)=O)C2(C)C)C(C)(C)C)C(=O)N1C=CCC1. The number of amides is 6. The van der Waals surface area contributed by atoms with Crippen molar-refractivity contribution in [3.63, 3.8) is 0 Å². The maximum atomic E-state index is 14.2. The monoisotopic (exact) mass is 614 g/mol. The molecule has 2 heterocycles. The molecule has 5 N–H and O–H groups in total. The number of nitrogens with two attached hydrogens (primary N) is 1. The fraction of sp³-hybridized carbons (Fsp3) is 0.750. The van der Waals surface area contributed by atoms with Crippen LogP contribution in [0.25, 0.3) is 0 Å². The molecule has 0 aromatic carbocycles. The Kier molecular flexibility index (Phi) is 8.98. The van der Waals surface area contributed by atoms with Gasteiger partial charge in [-0.15, -0.1) is 0 Å². The number of likely N-dealkylation sites (tertiary alicyclic amines) is 1. The first-order valence-electron chi connectivity index (χ1n) is 15.7. The summed E-state index contributed by atoms with van der Waals surface area (Å²) >= 11 is 0. The summed E-state index contributed by atoms with van der Waals surface area (Å²) in [6.45, 7) is 16.0. The molecule has 44 heavy (non-hydrogen) atoms. The predicted molar refractivity (Wildman–Crippen MR) is 163 cm³/mol. The van der Waals surface area contributed by atoms with Crippen LogP contribution in [0, 0.1) is 34.0 Å². The summed E-state index contributed by atoms with van der Waals surface area (Å²) < 4.78 is 0. The minimum atomic E-state index is -1.10. The number of piperidine rings is 1. The standard InChI is InChI=1S/C32H50N6O6/c1-30(2,3)23(27(42)37-13-9-10-14-37)35-29(44)36-24(31(4,5)6)28(43)38-16-18-20(32(18,7)8)21(38)26(41)34-19(15-17-11-12-17)22(39)25(33)40/h9,13,17-21,23-24H,10-12,14-16H2,1-8H3,(H2,33,40)(H,34,41)(H2,35,36,44)/t18-,19?,20-,21-,23+,24+/m0/s1. The van der Waals surface area contributed by atoms with Crippen LogP contribution in [-0.2, 0) is 24.0 Å². The van der Waals surface area contributed by atoms with Crippen molar-refractivity contribution >= 4 is 35.4 Å². The molecule has 3 fully saturated rings. The molecule has 6 atom stereocenters. The zero-order chi connectivity index (χ0) is 32.9. The maximum absolute atomic E-state index is 14.2. The Balaban J connectivity index is 1.53. The Hall–Kier alpha value is -3.44. The Labute approximate surface area is 260 Å². The van der Waals surface area contributed by atoms with Crippen molar-refractivity contribution in [1.82, 2.24) is 25.8 Å². The number of primary amides is 1. The summed E-state index contributed by atoms with van der Waals surface area (Å²) in [5.74, 6) is -2.91. The Morgan fingerprint density at radius 1 is 0.909 bits per heavy atom. The van der Waals surface area contributed by atoms with Crippen LogP contribution in [-0.4, -0.2) is 82.5 Å². The van der Waals surface area contributed by atoms with E-state index < -0.39 is 64.5 Å². The number of Topliss-reactive ketones (excluding diaryl/α,β-unsaturated/α-hetero) is 1. The molecule has 4 aliphatic rings. The zero-order valence-corrected chi connectivity index (χ0v) is 27.4. The van der Waals surface area contributed by atoms with Gasteiger partial charge in [-0.05, 0) is 46.8 Å². The number of nitrogens with zero attached hydrogens (tertiary/aromatic N) is 2. The second-order valence-corrected chi connectivity index (χ2v) is 15.8. The van der Waals surface area contributed by atoms with Crippen LogP contribution >= 0.6 is 0 Å². The van der Waals surface area contributed by atoms with Gasteiger partial charge in [0.25, 0.3) is 5.91 Å². The first-order valence-corrected chi connectivity index (χ1v) is 15.7. The van der Waals surface area contributed by atoms with E-state index in [9.17, 15) is 28.8 Å². The molecule has 0 spiro atoms. The second kappa shape index (κ2) is 11.8. The van der Waals surface area contributed by atoms with Crippen molar-refractivity contribution < 1.29 is 28.8 Å². The van der Waals surface area contributed by atoms with Crippen molar-refractivity contribution in [2.75, 3.05) is 13.1 Å². The number of carbonyl (C=O) groups excluding carboxylic acids is 6. The molecule has 1 unspecified atom stereocenters. The summed E-state index contributed by atoms with van der Waals surface area (Å²) in [5.41, 5.74) is 3.75. The van der Waals surface area contributed by atoms with E-state index in [1.807, 2.05) is 61.5 Å². The van der Waals surface area contributed by atoms with E-state index in [1.165, 1.54) is 4.90 Å². The largest absolute Gasteiger partial charge is 0.363 e. The summed E-state index contributed by atoms with van der Waals surface area (Å²) in [5, 5.41) is 8.40. The summed E-state index contributed by atoms with van der Waals surface area (Å²) in [6, 6.07) is -4.42. The summed E-state index contributed by atoms with van der Waals surface area (Å²) in [7, 11) is 0. The Morgan fingerprint density at radius 2 is 1.48 bits per heavy atom. The topological polar surface area (TPSA) is 171 Å². The minimum Gasteiger partial charge on any atom is -0.363 e. The van der Waals surface area contributed by atoms with Crippen LogP contribution in [0.2, 0.25) is 0 Å². The molecule has 6 amide bonds. The molecule has 2 saturated carbocycles. The normalized spacial score (nSPS) is 25.9. The van der Waals surface area contributed by atoms with E-state index >= 15 is 0 Å². The van der Waals surface area contributed by atoms with Crippen molar-refractivity contribution in [2.24, 2.45) is 39.7 Å². The van der Waals surface area contributed by atoms with Crippen molar-refractivity contribution in [3.8, 4) is 0 Å². The molecule has 2 aliphatic carbocycles. The van der Waals surface area contributed by atoms with Gasteiger partial charge in [-0.1, -0.05) is 74.3 Å². The third-order valence-electron chi connectivity index (χ3n) is 9.78. The quantitative estimate of drug-likeness (QED) is 0.273. The molecular formula is C32H50N6O6. The Bertz CT molecular complexity index is 1240. The summed E-state index contributed by atoms with van der Waals surface area (Å²) in [6.07, 6.45) is 6.54. The molecule has 12 heteroatoms. The Morgan fingerprint density at radius 3 is 1.95 bits per heavy atom. The third-order valence-corrected chi connectivity index (χ3v) is 9.78. The first kappa shape index (κ1) is 33.5. The van der Waals surface area contributed by atoms with E-state index in [2.05, 4.69) is 16.0 Å². The number of nitrogens with one attached hydrogen (secondary N) is 3. The molecule has 0 aromatic rings. The van der Waals surface area contributed by atoms with Gasteiger partial charge in [-0.2, -0.15) is 0 Å². The van der Waals surface area contributed by atoms with Gasteiger partial charge < -0.3 is 31.5 Å². The summed E-state index contributed by atoms with van der Waals surface area (Å²) in [4.78, 5) is 82.2. The average molecular weight is 615 g/mol. The van der Waals surface area contributed by atoms with E-state index in [-0.39, 0.29) is 29.1 Å². The van der Waals surface area contributed by atoms with Gasteiger partial charge >= 0.3 is 6.03 Å². The molecule has 2 aliphatic heterocycles. The average Bonchev–Trinajstić information content (AvgIpc) is 3.60. The molecule has 0 aromatic heterocycles. The number of urea groups is 1. The predicted octanol–water partition coefficient (Wildman–Crippen LogP) is 1.68. The number of fused-ring (bicyclic) bond motifs is 1. The van der Waals surface area contributed by atoms with Crippen LogP contribution in [0.15, 0.2) is 12.3 Å². The van der Waals surface area contributed by atoms with Gasteiger partial charge in [-0.25, -0.2) is 4.79 Å². The number of rotatable bonds is 10. The molecule has 4 rings (SSSR count). The van der Waals surface area contributed by atoms with E-state index in [1.54, 1.807) is 11.1 Å². The number of hydrogen-bond donors (Lipinski definition) is 4. The minimum absolute atomic E-state index is 0.0711. The fourth-order valence-electron chi connectivity index (χ4n) is 6.77. The van der Waals surface area contributed by atoms with Crippen molar-refractivity contribution in [2.45, 2.75) is 105 Å². The highest BCUT2D eigenvalue weighted by Crippen LogP contribution is 2.65. The van der Waals surface area contributed by atoms with Gasteiger partial charge in [0.2, 0.25) is 23.5 Å². The number of hydrogen-bond acceptors (Lipinski definition) is 6. The lowest BCUT2D eigenvalue weighted by Gasteiger charge is -2.38. The number of carbonyl (C=O) groups is 6. The lowest BCUT2D eigenvalue weighted by Crippen LogP contribution is -2.63. The van der Waals surface area contributed by atoms with E-state index in [4.69, 9.17) is 5.73 Å². The van der Waals surface area contributed by atoms with Gasteiger partial charge in [-0.3, -0.25) is 24.0 Å². The fourth-order valence-corrected chi connectivity index (χ4v) is 6.77. The molecule has 0 radical (unpaired) electrons. The highest BCUT2D eigenvalue weighted by Gasteiger charge is 2.70. The van der Waals surface area contributed by atoms with Crippen molar-refractivity contribution in [3.05, 3.63) is 12.3 Å². The van der Waals surface area contributed by atoms with Crippen LogP contribution in [0.1, 0.15) is 81.1 Å². The highest BCUT2D eigenvalue weighted by molar-refractivity contribution is 6.37. The molecular weight excluding hydrogens is 564 g/mol. The lowest BCUT2D eigenvalue weighted by molar-refractivity contribution is -0.145. The van der Waals surface area contributed by atoms with Crippen molar-refractivity contribution in [1.29, 1.82) is 0 Å². The van der Waals surface area contributed by atoms with Gasteiger partial charge in [0.15, 0.2) is 0 Å². The van der Waals surface area contributed by atoms with Gasteiger partial charge in [0.05, 0.1) is 6.04 Å². The molecule has 1 saturated heterocycles. The maximum Gasteiger partial charge on any atom is 0.316 e. The van der Waals surface area contributed by atoms with Gasteiger partial charge in [0, 0.05) is 19.3 Å². The highest BCUT2D eigenvalue weighted by atomic mass is 16.2. The van der Waals surface area contributed by atoms with Crippen LogP contribution < -0.4 is 21.7 Å².